The third-order valence-electron chi connectivity index (χ3n) is 4.46. The quantitative estimate of drug-likeness (QED) is 0.313. The minimum absolute atomic E-state index is 0.830. The first-order chi connectivity index (χ1) is 12.7. The highest BCUT2D eigenvalue weighted by atomic mass is 79.9. The van der Waals surface area contributed by atoms with Crippen LogP contribution in [0.1, 0.15) is 32.6 Å². The Hall–Kier alpha value is -1.91. The summed E-state index contributed by atoms with van der Waals surface area (Å²) in [6.45, 7) is 3.16. The first kappa shape index (κ1) is 18.9. The van der Waals surface area contributed by atoms with Gasteiger partial charge in [0.1, 0.15) is 5.75 Å². The van der Waals surface area contributed by atoms with Crippen LogP contribution in [0.4, 0.5) is 0 Å². The molecule has 0 atom stereocenters. The Bertz CT molecular complexity index is 848. The van der Waals surface area contributed by atoms with Gasteiger partial charge in [0.05, 0.1) is 5.52 Å². The molecule has 0 aliphatic heterocycles. The molecule has 0 unspecified atom stereocenters. The maximum absolute atomic E-state index is 5.95. The predicted molar refractivity (Wildman–Crippen MR) is 112 cm³/mol. The molecule has 2 aromatic carbocycles. The number of aromatic nitrogens is 1. The van der Waals surface area contributed by atoms with Gasteiger partial charge in [-0.3, -0.25) is 4.98 Å². The fraction of sp³-hybridized carbons (Fsp3) is 0.318. The average Bonchev–Trinajstić information content (AvgIpc) is 2.65. The Balaban J connectivity index is 1.76. The van der Waals surface area contributed by atoms with Gasteiger partial charge in [-0.25, -0.2) is 0 Å². The Morgan fingerprint density at radius 3 is 2.58 bits per heavy atom. The highest BCUT2D eigenvalue weighted by Crippen LogP contribution is 2.30. The van der Waals surface area contributed by atoms with E-state index in [0.717, 1.165) is 34.1 Å². The van der Waals surface area contributed by atoms with Crippen LogP contribution in [0.25, 0.3) is 22.0 Å². The molecule has 3 aromatic rings. The van der Waals surface area contributed by atoms with Crippen LogP contribution in [-0.2, 0) is 0 Å². The summed E-state index contributed by atoms with van der Waals surface area (Å²) in [5.41, 5.74) is 3.31. The monoisotopic (exact) mass is 412 g/mol. The number of unbranched alkanes of at least 4 members (excludes halogenated alkanes) is 3. The molecule has 26 heavy (non-hydrogen) atoms. The molecule has 1 aromatic heterocycles. The summed E-state index contributed by atoms with van der Waals surface area (Å²) in [4.78, 5) is 10.5. The standard InChI is InChI=1S/C22H25BrN2O/c1-3-4-5-6-15-25(2)26-19-11-12-21-20(13-14-24-22(21)16-19)17-7-9-18(23)10-8-17/h7-14,16H,3-6,15H2,1-2H3. The van der Waals surface area contributed by atoms with Crippen LogP contribution in [0, 0.1) is 0 Å². The number of nitrogens with zero attached hydrogens (tertiary/aromatic N) is 2. The number of hydrogen-bond donors (Lipinski definition) is 0. The van der Waals surface area contributed by atoms with Crippen molar-refractivity contribution in [3.05, 3.63) is 59.2 Å². The van der Waals surface area contributed by atoms with Gasteiger partial charge in [-0.2, -0.15) is 0 Å². The number of rotatable bonds is 8. The van der Waals surface area contributed by atoms with E-state index in [2.05, 4.69) is 64.2 Å². The van der Waals surface area contributed by atoms with E-state index >= 15 is 0 Å². The number of hydrogen-bond acceptors (Lipinski definition) is 3. The van der Waals surface area contributed by atoms with Crippen molar-refractivity contribution in [2.45, 2.75) is 32.6 Å². The molecule has 0 saturated carbocycles. The molecule has 0 radical (unpaired) electrons. The second-order valence-corrected chi connectivity index (χ2v) is 7.46. The Labute approximate surface area is 164 Å². The molecule has 3 nitrogen and oxygen atoms in total. The average molecular weight is 413 g/mol. The van der Waals surface area contributed by atoms with Gasteiger partial charge in [-0.05, 0) is 47.9 Å². The van der Waals surface area contributed by atoms with Gasteiger partial charge in [0.25, 0.3) is 0 Å². The molecule has 0 bridgehead atoms. The molecule has 136 valence electrons. The lowest BCUT2D eigenvalue weighted by Crippen LogP contribution is -2.23. The SMILES string of the molecule is CCCCCCN(C)Oc1ccc2c(-c3ccc(Br)cc3)ccnc2c1. The second-order valence-electron chi connectivity index (χ2n) is 6.55. The molecule has 0 aliphatic carbocycles. The molecule has 0 saturated heterocycles. The summed E-state index contributed by atoms with van der Waals surface area (Å²) in [5.74, 6) is 0.830. The van der Waals surface area contributed by atoms with Crippen LogP contribution < -0.4 is 4.84 Å². The third kappa shape index (κ3) is 4.83. The van der Waals surface area contributed by atoms with Gasteiger partial charge in [0.2, 0.25) is 0 Å². The Kier molecular flexibility index (Phi) is 6.64. The lowest BCUT2D eigenvalue weighted by atomic mass is 10.0. The van der Waals surface area contributed by atoms with E-state index in [1.54, 1.807) is 0 Å². The molecule has 0 N–H and O–H groups in total. The van der Waals surface area contributed by atoms with E-state index in [1.165, 1.54) is 30.4 Å². The smallest absolute Gasteiger partial charge is 0.149 e. The number of pyridine rings is 1. The minimum atomic E-state index is 0.830. The van der Waals surface area contributed by atoms with Crippen molar-refractivity contribution >= 4 is 26.8 Å². The van der Waals surface area contributed by atoms with Gasteiger partial charge >= 0.3 is 0 Å². The number of fused-ring (bicyclic) bond motifs is 1. The van der Waals surface area contributed by atoms with Crippen LogP contribution in [0.2, 0.25) is 0 Å². The zero-order valence-corrected chi connectivity index (χ0v) is 17.0. The van der Waals surface area contributed by atoms with Gasteiger partial charge in [-0.1, -0.05) is 54.2 Å². The summed E-state index contributed by atoms with van der Waals surface area (Å²) >= 11 is 3.49. The predicted octanol–water partition coefficient (Wildman–Crippen LogP) is 6.47. The Morgan fingerprint density at radius 2 is 1.81 bits per heavy atom. The van der Waals surface area contributed by atoms with Gasteiger partial charge in [0.15, 0.2) is 0 Å². The lowest BCUT2D eigenvalue weighted by molar-refractivity contribution is -0.0326. The molecule has 3 rings (SSSR count). The van der Waals surface area contributed by atoms with Crippen LogP contribution in [0.3, 0.4) is 0 Å². The van der Waals surface area contributed by atoms with Crippen LogP contribution in [0.5, 0.6) is 5.75 Å². The van der Waals surface area contributed by atoms with Crippen molar-refractivity contribution < 1.29 is 4.84 Å². The second kappa shape index (κ2) is 9.15. The maximum atomic E-state index is 5.95. The zero-order chi connectivity index (χ0) is 18.4. The number of hydroxylamine groups is 2. The van der Waals surface area contributed by atoms with E-state index < -0.39 is 0 Å². The third-order valence-corrected chi connectivity index (χ3v) is 4.99. The van der Waals surface area contributed by atoms with Crippen LogP contribution >= 0.6 is 15.9 Å². The number of benzene rings is 2. The molecule has 0 amide bonds. The molecule has 4 heteroatoms. The minimum Gasteiger partial charge on any atom is -0.406 e. The van der Waals surface area contributed by atoms with Crippen LogP contribution in [0.15, 0.2) is 59.2 Å². The summed E-state index contributed by atoms with van der Waals surface area (Å²) in [7, 11) is 1.99. The first-order valence-corrected chi connectivity index (χ1v) is 10.0. The summed E-state index contributed by atoms with van der Waals surface area (Å²) in [5, 5.41) is 3.04. The Morgan fingerprint density at radius 1 is 1.00 bits per heavy atom. The van der Waals surface area contributed by atoms with E-state index in [0.29, 0.717) is 0 Å². The van der Waals surface area contributed by atoms with E-state index in [4.69, 9.17) is 4.84 Å². The van der Waals surface area contributed by atoms with Gasteiger partial charge < -0.3 is 4.84 Å². The summed E-state index contributed by atoms with van der Waals surface area (Å²) in [6, 6.07) is 16.6. The highest BCUT2D eigenvalue weighted by molar-refractivity contribution is 9.10. The zero-order valence-electron chi connectivity index (χ0n) is 15.4. The maximum Gasteiger partial charge on any atom is 0.149 e. The van der Waals surface area contributed by atoms with E-state index in [9.17, 15) is 0 Å². The molecular formula is C22H25BrN2O. The summed E-state index contributed by atoms with van der Waals surface area (Å²) < 4.78 is 1.08. The van der Waals surface area contributed by atoms with Crippen molar-refractivity contribution in [2.24, 2.45) is 0 Å². The molecule has 0 aliphatic rings. The first-order valence-electron chi connectivity index (χ1n) is 9.21. The van der Waals surface area contributed by atoms with Crippen molar-refractivity contribution in [1.82, 2.24) is 10.0 Å². The fourth-order valence-electron chi connectivity index (χ4n) is 3.05. The van der Waals surface area contributed by atoms with Crippen LogP contribution in [-0.4, -0.2) is 23.6 Å². The van der Waals surface area contributed by atoms with Gasteiger partial charge in [0, 0.05) is 35.7 Å². The topological polar surface area (TPSA) is 25.4 Å². The molecule has 1 heterocycles. The normalized spacial score (nSPS) is 11.2. The van der Waals surface area contributed by atoms with Gasteiger partial charge in [-0.15, -0.1) is 5.06 Å². The number of halogens is 1. The van der Waals surface area contributed by atoms with Crippen molar-refractivity contribution in [1.29, 1.82) is 0 Å². The highest BCUT2D eigenvalue weighted by Gasteiger charge is 2.08. The largest absolute Gasteiger partial charge is 0.406 e. The van der Waals surface area contributed by atoms with Crippen molar-refractivity contribution in [2.75, 3.05) is 13.6 Å². The molecule has 0 spiro atoms. The summed E-state index contributed by atoms with van der Waals surface area (Å²) in [6.07, 6.45) is 6.80. The molecular weight excluding hydrogens is 388 g/mol. The van der Waals surface area contributed by atoms with E-state index in [-0.39, 0.29) is 0 Å². The van der Waals surface area contributed by atoms with E-state index in [1.807, 2.05) is 30.4 Å². The fourth-order valence-corrected chi connectivity index (χ4v) is 3.32. The van der Waals surface area contributed by atoms with Crippen molar-refractivity contribution in [3.63, 3.8) is 0 Å². The molecule has 0 fully saturated rings. The lowest BCUT2D eigenvalue weighted by Gasteiger charge is -2.18. The van der Waals surface area contributed by atoms with Crippen molar-refractivity contribution in [3.8, 4) is 16.9 Å².